The SMILES string of the molecule is COC(=O)c1cn(C/C(C)=C/CP(=O)(OCOC(=O)OC(C)C)OCOC(=O)OC(C)C)nn1. The maximum atomic E-state index is 13.1. The molecule has 15 heteroatoms. The van der Waals surface area contributed by atoms with Crippen molar-refractivity contribution in [1.29, 1.82) is 0 Å². The van der Waals surface area contributed by atoms with Crippen LogP contribution in [0.2, 0.25) is 0 Å². The third-order valence-electron chi connectivity index (χ3n) is 3.52. The highest BCUT2D eigenvalue weighted by Gasteiger charge is 2.26. The smallest absolute Gasteiger partial charge is 0.464 e. The van der Waals surface area contributed by atoms with E-state index in [2.05, 4.69) is 15.0 Å². The van der Waals surface area contributed by atoms with Crippen molar-refractivity contribution < 1.29 is 51.7 Å². The zero-order valence-electron chi connectivity index (χ0n) is 19.9. The molecule has 0 unspecified atom stereocenters. The first-order chi connectivity index (χ1) is 15.9. The summed E-state index contributed by atoms with van der Waals surface area (Å²) in [4.78, 5) is 34.4. The standard InChI is InChI=1S/C19H30N3O11P/c1-13(2)32-18(24)28-11-30-34(26,31-12-29-19(25)33-14(3)4)8-7-15(5)9-22-10-16(20-21-22)17(23)27-6/h7,10,13-14H,8-9,11-12H2,1-6H3/b15-7+. The van der Waals surface area contributed by atoms with Crippen molar-refractivity contribution in [3.63, 3.8) is 0 Å². The minimum atomic E-state index is -3.94. The Morgan fingerprint density at radius 1 is 1.03 bits per heavy atom. The summed E-state index contributed by atoms with van der Waals surface area (Å²) in [6.45, 7) is 6.97. The molecule has 34 heavy (non-hydrogen) atoms. The van der Waals surface area contributed by atoms with E-state index >= 15 is 0 Å². The van der Waals surface area contributed by atoms with Crippen molar-refractivity contribution in [3.8, 4) is 0 Å². The Morgan fingerprint density at radius 2 is 1.56 bits per heavy atom. The van der Waals surface area contributed by atoms with Crippen molar-refractivity contribution in [3.05, 3.63) is 23.5 Å². The highest BCUT2D eigenvalue weighted by atomic mass is 31.2. The molecule has 0 bridgehead atoms. The Morgan fingerprint density at radius 3 is 2.03 bits per heavy atom. The van der Waals surface area contributed by atoms with Gasteiger partial charge in [0.1, 0.15) is 0 Å². The van der Waals surface area contributed by atoms with Crippen molar-refractivity contribution in [2.75, 3.05) is 26.9 Å². The Kier molecular flexibility index (Phi) is 12.3. The second kappa shape index (κ2) is 14.3. The van der Waals surface area contributed by atoms with E-state index in [-0.39, 0.29) is 18.4 Å². The van der Waals surface area contributed by atoms with Gasteiger partial charge in [0.25, 0.3) is 0 Å². The predicted molar refractivity (Wildman–Crippen MR) is 115 cm³/mol. The van der Waals surface area contributed by atoms with Crippen LogP contribution >= 0.6 is 7.60 Å². The van der Waals surface area contributed by atoms with Crippen molar-refractivity contribution >= 4 is 25.9 Å². The van der Waals surface area contributed by atoms with Crippen LogP contribution in [0.25, 0.3) is 0 Å². The Bertz CT molecular complexity index is 866. The van der Waals surface area contributed by atoms with Crippen LogP contribution in [0.5, 0.6) is 0 Å². The molecule has 1 aromatic heterocycles. The van der Waals surface area contributed by atoms with Gasteiger partial charge in [0.15, 0.2) is 5.69 Å². The van der Waals surface area contributed by atoms with Gasteiger partial charge in [0, 0.05) is 0 Å². The van der Waals surface area contributed by atoms with Crippen LogP contribution in [0.1, 0.15) is 45.1 Å². The number of methoxy groups -OCH3 is 1. The number of allylic oxidation sites excluding steroid dienone is 2. The maximum absolute atomic E-state index is 13.1. The number of nitrogens with zero attached hydrogens (tertiary/aromatic N) is 3. The molecule has 0 saturated heterocycles. The second-order valence-corrected chi connectivity index (χ2v) is 9.36. The van der Waals surface area contributed by atoms with Crippen LogP contribution in [0.3, 0.4) is 0 Å². The number of hydrogen-bond donors (Lipinski definition) is 0. The van der Waals surface area contributed by atoms with Crippen molar-refractivity contribution in [2.45, 2.75) is 53.4 Å². The zero-order valence-corrected chi connectivity index (χ0v) is 20.8. The number of hydrogen-bond acceptors (Lipinski definition) is 13. The lowest BCUT2D eigenvalue weighted by Crippen LogP contribution is -2.16. The highest BCUT2D eigenvalue weighted by molar-refractivity contribution is 7.54. The summed E-state index contributed by atoms with van der Waals surface area (Å²) >= 11 is 0. The van der Waals surface area contributed by atoms with E-state index < -0.39 is 51.7 Å². The monoisotopic (exact) mass is 507 g/mol. The first-order valence-corrected chi connectivity index (χ1v) is 11.9. The molecule has 0 N–H and O–H groups in total. The lowest BCUT2D eigenvalue weighted by atomic mass is 10.3. The number of ether oxygens (including phenoxy) is 5. The Hall–Kier alpha value is -2.96. The lowest BCUT2D eigenvalue weighted by Gasteiger charge is -2.18. The fourth-order valence-corrected chi connectivity index (χ4v) is 3.31. The molecule has 0 atom stereocenters. The predicted octanol–water partition coefficient (Wildman–Crippen LogP) is 3.28. The van der Waals surface area contributed by atoms with Gasteiger partial charge in [-0.2, -0.15) is 0 Å². The summed E-state index contributed by atoms with van der Waals surface area (Å²) in [6.07, 6.45) is -0.217. The van der Waals surface area contributed by atoms with E-state index in [0.29, 0.717) is 5.57 Å². The number of aromatic nitrogens is 3. The van der Waals surface area contributed by atoms with Crippen LogP contribution in [0.15, 0.2) is 17.8 Å². The second-order valence-electron chi connectivity index (χ2n) is 7.25. The molecule has 0 aromatic carbocycles. The third-order valence-corrected chi connectivity index (χ3v) is 5.15. The van der Waals surface area contributed by atoms with Crippen molar-refractivity contribution in [2.24, 2.45) is 0 Å². The van der Waals surface area contributed by atoms with Gasteiger partial charge in [0.2, 0.25) is 13.6 Å². The molecule has 0 radical (unpaired) electrons. The molecule has 0 fully saturated rings. The summed E-state index contributed by atoms with van der Waals surface area (Å²) in [5, 5.41) is 7.50. The third kappa shape index (κ3) is 11.8. The largest absolute Gasteiger partial charge is 0.510 e. The van der Waals surface area contributed by atoms with Crippen LogP contribution < -0.4 is 0 Å². The average molecular weight is 507 g/mol. The van der Waals surface area contributed by atoms with E-state index in [1.54, 1.807) is 34.6 Å². The average Bonchev–Trinajstić information content (AvgIpc) is 3.19. The number of esters is 1. The molecule has 14 nitrogen and oxygen atoms in total. The molecule has 0 aliphatic heterocycles. The maximum Gasteiger partial charge on any atom is 0.510 e. The Labute approximate surface area is 196 Å². The van der Waals surface area contributed by atoms with Gasteiger partial charge in [-0.05, 0) is 34.6 Å². The fourth-order valence-electron chi connectivity index (χ4n) is 2.07. The van der Waals surface area contributed by atoms with E-state index in [1.165, 1.54) is 24.1 Å². The summed E-state index contributed by atoms with van der Waals surface area (Å²) in [5.41, 5.74) is 0.692. The molecule has 1 rings (SSSR count). The topological polar surface area (TPSA) is 164 Å². The van der Waals surface area contributed by atoms with E-state index in [4.69, 9.17) is 28.0 Å². The van der Waals surface area contributed by atoms with Gasteiger partial charge in [-0.3, -0.25) is 13.6 Å². The van der Waals surface area contributed by atoms with Gasteiger partial charge in [0.05, 0.1) is 38.2 Å². The minimum Gasteiger partial charge on any atom is -0.464 e. The molecular formula is C19H30N3O11P. The highest BCUT2D eigenvalue weighted by Crippen LogP contribution is 2.48. The molecule has 0 aliphatic rings. The normalized spacial score (nSPS) is 11.9. The lowest BCUT2D eigenvalue weighted by molar-refractivity contribution is -0.0298. The van der Waals surface area contributed by atoms with Gasteiger partial charge in [-0.1, -0.05) is 16.9 Å². The molecule has 0 amide bonds. The van der Waals surface area contributed by atoms with Crippen LogP contribution in [0, 0.1) is 0 Å². The number of rotatable bonds is 13. The summed E-state index contributed by atoms with van der Waals surface area (Å²) in [7, 11) is -2.71. The van der Waals surface area contributed by atoms with Gasteiger partial charge >= 0.3 is 25.9 Å². The molecule has 0 aliphatic carbocycles. The van der Waals surface area contributed by atoms with Crippen molar-refractivity contribution in [1.82, 2.24) is 15.0 Å². The Balaban J connectivity index is 2.75. The first-order valence-electron chi connectivity index (χ1n) is 10.1. The molecule has 1 aromatic rings. The number of carbonyl (C=O) groups is 3. The molecular weight excluding hydrogens is 477 g/mol. The molecule has 0 saturated carbocycles. The zero-order chi connectivity index (χ0) is 25.7. The van der Waals surface area contributed by atoms with E-state index in [9.17, 15) is 18.9 Å². The van der Waals surface area contributed by atoms with Crippen LogP contribution in [-0.4, -0.2) is 72.3 Å². The summed E-state index contributed by atoms with van der Waals surface area (Å²) < 4.78 is 48.3. The van der Waals surface area contributed by atoms with Gasteiger partial charge in [-0.15, -0.1) is 5.10 Å². The van der Waals surface area contributed by atoms with Gasteiger partial charge < -0.3 is 23.7 Å². The fraction of sp³-hybridized carbons (Fsp3) is 0.632. The minimum absolute atomic E-state index is 0.0310. The molecule has 1 heterocycles. The summed E-state index contributed by atoms with van der Waals surface area (Å²) in [5.74, 6) is -0.633. The first kappa shape index (κ1) is 29.1. The van der Waals surface area contributed by atoms with E-state index in [1.807, 2.05) is 0 Å². The van der Waals surface area contributed by atoms with E-state index in [0.717, 1.165) is 0 Å². The quantitative estimate of drug-likeness (QED) is 0.126. The number of carbonyl (C=O) groups excluding carboxylic acids is 3. The molecule has 192 valence electrons. The summed E-state index contributed by atoms with van der Waals surface area (Å²) in [6, 6.07) is 0. The van der Waals surface area contributed by atoms with Gasteiger partial charge in [-0.25, -0.2) is 19.1 Å². The molecule has 0 spiro atoms. The van der Waals surface area contributed by atoms with Crippen LogP contribution in [0.4, 0.5) is 9.59 Å². The van der Waals surface area contributed by atoms with Crippen LogP contribution in [-0.2, 0) is 43.8 Å².